The summed E-state index contributed by atoms with van der Waals surface area (Å²) in [4.78, 5) is 12.0. The van der Waals surface area contributed by atoms with Gasteiger partial charge in [0.1, 0.15) is 5.75 Å². The molecule has 0 heterocycles. The molecule has 0 aliphatic heterocycles. The van der Waals surface area contributed by atoms with Gasteiger partial charge in [0.2, 0.25) is 0 Å². The normalized spacial score (nSPS) is 16.4. The maximum atomic E-state index is 12.0. The van der Waals surface area contributed by atoms with E-state index in [1.807, 2.05) is 0 Å². The second kappa shape index (κ2) is 5.25. The van der Waals surface area contributed by atoms with Gasteiger partial charge in [-0.1, -0.05) is 12.8 Å². The third-order valence-electron chi connectivity index (χ3n) is 3.09. The van der Waals surface area contributed by atoms with Crippen LogP contribution in [0.3, 0.4) is 0 Å². The molecule has 1 aliphatic carbocycles. The van der Waals surface area contributed by atoms with Crippen LogP contribution in [0.25, 0.3) is 0 Å². The van der Waals surface area contributed by atoms with E-state index in [1.165, 1.54) is 12.1 Å². The first-order valence-corrected chi connectivity index (χ1v) is 5.76. The minimum Gasteiger partial charge on any atom is -0.435 e. The standard InChI is InChI=1S/C13H14F2O2/c14-13(15)17-11-7-5-10(6-8-11)12(16)9-3-1-2-4-9/h5-9,13H,1-4H2. The van der Waals surface area contributed by atoms with Gasteiger partial charge < -0.3 is 4.74 Å². The molecular weight excluding hydrogens is 226 g/mol. The van der Waals surface area contributed by atoms with Crippen LogP contribution in [0.15, 0.2) is 24.3 Å². The number of carbonyl (C=O) groups is 1. The molecule has 1 aromatic rings. The summed E-state index contributed by atoms with van der Waals surface area (Å²) in [5.41, 5.74) is 0.582. The van der Waals surface area contributed by atoms with E-state index in [9.17, 15) is 13.6 Å². The van der Waals surface area contributed by atoms with Gasteiger partial charge in [0.15, 0.2) is 5.78 Å². The molecule has 0 bridgehead atoms. The number of hydrogen-bond donors (Lipinski definition) is 0. The first-order valence-electron chi connectivity index (χ1n) is 5.76. The quantitative estimate of drug-likeness (QED) is 0.751. The van der Waals surface area contributed by atoms with Crippen molar-refractivity contribution >= 4 is 5.78 Å². The van der Waals surface area contributed by atoms with Gasteiger partial charge in [0, 0.05) is 11.5 Å². The Kier molecular flexibility index (Phi) is 3.71. The first-order chi connectivity index (χ1) is 8.16. The Morgan fingerprint density at radius 3 is 2.29 bits per heavy atom. The van der Waals surface area contributed by atoms with Gasteiger partial charge in [0.05, 0.1) is 0 Å². The van der Waals surface area contributed by atoms with Crippen LogP contribution >= 0.6 is 0 Å². The van der Waals surface area contributed by atoms with E-state index in [-0.39, 0.29) is 17.5 Å². The Hall–Kier alpha value is -1.45. The summed E-state index contributed by atoms with van der Waals surface area (Å²) in [6, 6.07) is 5.93. The number of ketones is 1. The van der Waals surface area contributed by atoms with Gasteiger partial charge in [-0.3, -0.25) is 4.79 Å². The fraction of sp³-hybridized carbons (Fsp3) is 0.462. The zero-order chi connectivity index (χ0) is 12.3. The highest BCUT2D eigenvalue weighted by Gasteiger charge is 2.23. The van der Waals surface area contributed by atoms with Crippen LogP contribution in [0.1, 0.15) is 36.0 Å². The van der Waals surface area contributed by atoms with E-state index < -0.39 is 6.61 Å². The fourth-order valence-corrected chi connectivity index (χ4v) is 2.22. The fourth-order valence-electron chi connectivity index (χ4n) is 2.22. The second-order valence-electron chi connectivity index (χ2n) is 4.25. The molecule has 0 spiro atoms. The molecule has 0 aromatic heterocycles. The topological polar surface area (TPSA) is 26.3 Å². The van der Waals surface area contributed by atoms with E-state index in [2.05, 4.69) is 4.74 Å². The van der Waals surface area contributed by atoms with E-state index in [1.54, 1.807) is 12.1 Å². The van der Waals surface area contributed by atoms with Crippen molar-refractivity contribution in [3.05, 3.63) is 29.8 Å². The molecule has 0 radical (unpaired) electrons. The van der Waals surface area contributed by atoms with Gasteiger partial charge >= 0.3 is 6.61 Å². The van der Waals surface area contributed by atoms with Crippen LogP contribution < -0.4 is 4.74 Å². The number of carbonyl (C=O) groups excluding carboxylic acids is 1. The molecule has 2 rings (SSSR count). The van der Waals surface area contributed by atoms with Crippen LogP contribution in [-0.2, 0) is 0 Å². The van der Waals surface area contributed by atoms with Crippen LogP contribution in [-0.4, -0.2) is 12.4 Å². The predicted molar refractivity (Wildman–Crippen MR) is 59.4 cm³/mol. The number of ether oxygens (including phenoxy) is 1. The molecule has 1 fully saturated rings. The molecule has 0 unspecified atom stereocenters. The van der Waals surface area contributed by atoms with Crippen molar-refractivity contribution in [2.75, 3.05) is 0 Å². The predicted octanol–water partition coefficient (Wildman–Crippen LogP) is 3.66. The van der Waals surface area contributed by atoms with Crippen molar-refractivity contribution < 1.29 is 18.3 Å². The largest absolute Gasteiger partial charge is 0.435 e. The summed E-state index contributed by atoms with van der Waals surface area (Å²) in [5, 5.41) is 0. The summed E-state index contributed by atoms with van der Waals surface area (Å²) in [7, 11) is 0. The van der Waals surface area contributed by atoms with Crippen molar-refractivity contribution in [2.45, 2.75) is 32.3 Å². The molecule has 2 nitrogen and oxygen atoms in total. The van der Waals surface area contributed by atoms with Crippen LogP contribution in [0.2, 0.25) is 0 Å². The molecule has 0 saturated heterocycles. The average Bonchev–Trinajstić information content (AvgIpc) is 2.82. The van der Waals surface area contributed by atoms with Crippen molar-refractivity contribution in [3.8, 4) is 5.75 Å². The Labute approximate surface area is 98.6 Å². The highest BCUT2D eigenvalue weighted by atomic mass is 19.3. The van der Waals surface area contributed by atoms with Crippen LogP contribution in [0, 0.1) is 5.92 Å². The molecular formula is C13H14F2O2. The lowest BCUT2D eigenvalue weighted by Gasteiger charge is -2.09. The van der Waals surface area contributed by atoms with Gasteiger partial charge in [0.25, 0.3) is 0 Å². The van der Waals surface area contributed by atoms with E-state index in [0.717, 1.165) is 25.7 Å². The lowest BCUT2D eigenvalue weighted by molar-refractivity contribution is -0.0498. The van der Waals surface area contributed by atoms with Crippen LogP contribution in [0.4, 0.5) is 8.78 Å². The van der Waals surface area contributed by atoms with E-state index in [4.69, 9.17) is 0 Å². The SMILES string of the molecule is O=C(c1ccc(OC(F)F)cc1)C1CCCC1. The molecule has 1 saturated carbocycles. The van der Waals surface area contributed by atoms with Crippen molar-refractivity contribution in [2.24, 2.45) is 5.92 Å². The van der Waals surface area contributed by atoms with Crippen molar-refractivity contribution in [1.82, 2.24) is 0 Å². The Morgan fingerprint density at radius 1 is 1.18 bits per heavy atom. The third kappa shape index (κ3) is 3.02. The minimum atomic E-state index is -2.83. The number of alkyl halides is 2. The lowest BCUT2D eigenvalue weighted by atomic mass is 9.96. The summed E-state index contributed by atoms with van der Waals surface area (Å²) in [6.07, 6.45) is 4.08. The third-order valence-corrected chi connectivity index (χ3v) is 3.09. The van der Waals surface area contributed by atoms with Gasteiger partial charge in [-0.15, -0.1) is 0 Å². The molecule has 0 N–H and O–H groups in total. The molecule has 1 aliphatic rings. The molecule has 92 valence electrons. The Balaban J connectivity index is 2.04. The molecule has 0 amide bonds. The van der Waals surface area contributed by atoms with E-state index in [0.29, 0.717) is 5.56 Å². The summed E-state index contributed by atoms with van der Waals surface area (Å²) < 4.78 is 28.1. The summed E-state index contributed by atoms with van der Waals surface area (Å²) >= 11 is 0. The molecule has 4 heteroatoms. The number of benzene rings is 1. The first kappa shape index (κ1) is 12.0. The number of hydrogen-bond acceptors (Lipinski definition) is 2. The van der Waals surface area contributed by atoms with Crippen LogP contribution in [0.5, 0.6) is 5.75 Å². The Bertz CT molecular complexity index is 381. The van der Waals surface area contributed by atoms with Gasteiger partial charge in [-0.2, -0.15) is 8.78 Å². The van der Waals surface area contributed by atoms with Gasteiger partial charge in [-0.25, -0.2) is 0 Å². The maximum absolute atomic E-state index is 12.0. The highest BCUT2D eigenvalue weighted by molar-refractivity contribution is 5.98. The van der Waals surface area contributed by atoms with Crippen molar-refractivity contribution in [3.63, 3.8) is 0 Å². The molecule has 17 heavy (non-hydrogen) atoms. The zero-order valence-corrected chi connectivity index (χ0v) is 9.36. The average molecular weight is 240 g/mol. The molecule has 0 atom stereocenters. The smallest absolute Gasteiger partial charge is 0.387 e. The van der Waals surface area contributed by atoms with E-state index >= 15 is 0 Å². The molecule has 1 aromatic carbocycles. The number of rotatable bonds is 4. The zero-order valence-electron chi connectivity index (χ0n) is 9.36. The minimum absolute atomic E-state index is 0.0861. The summed E-state index contributed by atoms with van der Waals surface area (Å²) in [5.74, 6) is 0.311. The number of halogens is 2. The second-order valence-corrected chi connectivity index (χ2v) is 4.25. The lowest BCUT2D eigenvalue weighted by Crippen LogP contribution is -2.11. The monoisotopic (exact) mass is 240 g/mol. The van der Waals surface area contributed by atoms with Crippen molar-refractivity contribution in [1.29, 1.82) is 0 Å². The number of Topliss-reactive ketones (excluding diaryl/α,β-unsaturated/α-hetero) is 1. The Morgan fingerprint density at radius 2 is 1.76 bits per heavy atom. The summed E-state index contributed by atoms with van der Waals surface area (Å²) in [6.45, 7) is -2.83. The maximum Gasteiger partial charge on any atom is 0.387 e. The van der Waals surface area contributed by atoms with Gasteiger partial charge in [-0.05, 0) is 37.1 Å². The highest BCUT2D eigenvalue weighted by Crippen LogP contribution is 2.28.